The molecular formula is C25H27NO5. The van der Waals surface area contributed by atoms with Crippen LogP contribution >= 0.6 is 0 Å². The highest BCUT2D eigenvalue weighted by atomic mass is 16.5. The van der Waals surface area contributed by atoms with Crippen LogP contribution in [0.5, 0.6) is 5.75 Å². The molecule has 1 amide bonds. The Labute approximate surface area is 182 Å². The molecule has 0 radical (unpaired) electrons. The Morgan fingerprint density at radius 1 is 1.13 bits per heavy atom. The first-order valence-corrected chi connectivity index (χ1v) is 10.3. The molecule has 162 valence electrons. The summed E-state index contributed by atoms with van der Waals surface area (Å²) in [6, 6.07) is 16.0. The largest absolute Gasteiger partial charge is 0.503 e. The molecule has 1 aliphatic heterocycles. The van der Waals surface area contributed by atoms with Crippen molar-refractivity contribution in [2.24, 2.45) is 0 Å². The van der Waals surface area contributed by atoms with E-state index in [1.165, 1.54) is 11.0 Å². The topological polar surface area (TPSA) is 76.1 Å². The number of aliphatic hydroxyl groups is 1. The maximum Gasteiger partial charge on any atom is 0.290 e. The first kappa shape index (κ1) is 22.3. The predicted octanol–water partition coefficient (Wildman–Crippen LogP) is 4.10. The molecule has 0 aromatic heterocycles. The predicted molar refractivity (Wildman–Crippen MR) is 119 cm³/mol. The smallest absolute Gasteiger partial charge is 0.290 e. The number of ether oxygens (including phenoxy) is 2. The van der Waals surface area contributed by atoms with Crippen molar-refractivity contribution in [2.75, 3.05) is 26.9 Å². The summed E-state index contributed by atoms with van der Waals surface area (Å²) >= 11 is 0. The zero-order valence-corrected chi connectivity index (χ0v) is 17.8. The standard InChI is InChI=1S/C25H27NO5/c1-3-31-20-13-11-19(12-14-20)23-22(21(27)15-10-18-8-5-4-6-9-18)24(28)25(29)26(23)16-7-17-30-2/h4-6,8-15,23,28H,3,7,16-17H2,1-2H3/b15-10+. The van der Waals surface area contributed by atoms with Gasteiger partial charge in [0, 0.05) is 20.3 Å². The second-order valence-corrected chi connectivity index (χ2v) is 7.12. The van der Waals surface area contributed by atoms with Gasteiger partial charge in [-0.05, 0) is 42.7 Å². The van der Waals surface area contributed by atoms with Crippen molar-refractivity contribution >= 4 is 17.8 Å². The number of allylic oxidation sites excluding steroid dienone is 1. The molecule has 1 aliphatic rings. The number of rotatable bonds is 10. The Bertz CT molecular complexity index is 963. The highest BCUT2D eigenvalue weighted by molar-refractivity contribution is 6.14. The normalized spacial score (nSPS) is 16.4. The minimum Gasteiger partial charge on any atom is -0.503 e. The van der Waals surface area contributed by atoms with Gasteiger partial charge in [-0.25, -0.2) is 0 Å². The Morgan fingerprint density at radius 3 is 2.48 bits per heavy atom. The highest BCUT2D eigenvalue weighted by Crippen LogP contribution is 2.38. The van der Waals surface area contributed by atoms with Gasteiger partial charge in [0.2, 0.25) is 0 Å². The van der Waals surface area contributed by atoms with Crippen LogP contribution < -0.4 is 4.74 Å². The average molecular weight is 421 g/mol. The lowest BCUT2D eigenvalue weighted by molar-refractivity contribution is -0.129. The fourth-order valence-corrected chi connectivity index (χ4v) is 3.60. The van der Waals surface area contributed by atoms with Crippen molar-refractivity contribution in [3.63, 3.8) is 0 Å². The summed E-state index contributed by atoms with van der Waals surface area (Å²) in [6.45, 7) is 3.27. The summed E-state index contributed by atoms with van der Waals surface area (Å²) in [5.41, 5.74) is 1.67. The van der Waals surface area contributed by atoms with Crippen LogP contribution in [0, 0.1) is 0 Å². The van der Waals surface area contributed by atoms with Crippen molar-refractivity contribution in [1.82, 2.24) is 4.90 Å². The second-order valence-electron chi connectivity index (χ2n) is 7.12. The molecule has 1 unspecified atom stereocenters. The molecular weight excluding hydrogens is 394 g/mol. The maximum absolute atomic E-state index is 13.1. The van der Waals surface area contributed by atoms with Crippen molar-refractivity contribution < 1.29 is 24.2 Å². The Balaban J connectivity index is 1.94. The number of ketones is 1. The number of hydrogen-bond acceptors (Lipinski definition) is 5. The third-order valence-electron chi connectivity index (χ3n) is 5.05. The van der Waals surface area contributed by atoms with Gasteiger partial charge < -0.3 is 19.5 Å². The van der Waals surface area contributed by atoms with Crippen LogP contribution in [0.15, 0.2) is 72.0 Å². The molecule has 0 spiro atoms. The Hall–Kier alpha value is -3.38. The SMILES string of the molecule is CCOc1ccc(C2C(C(=O)/C=C/c3ccccc3)=C(O)C(=O)N2CCCOC)cc1. The maximum atomic E-state index is 13.1. The molecule has 0 bridgehead atoms. The van der Waals surface area contributed by atoms with E-state index < -0.39 is 23.5 Å². The fourth-order valence-electron chi connectivity index (χ4n) is 3.60. The first-order valence-electron chi connectivity index (χ1n) is 10.3. The van der Waals surface area contributed by atoms with Crippen LogP contribution in [0.2, 0.25) is 0 Å². The Kier molecular flexibility index (Phi) is 7.62. The molecule has 0 saturated carbocycles. The summed E-state index contributed by atoms with van der Waals surface area (Å²) in [4.78, 5) is 27.4. The van der Waals surface area contributed by atoms with E-state index in [1.807, 2.05) is 49.4 Å². The molecule has 0 saturated heterocycles. The van der Waals surface area contributed by atoms with Crippen molar-refractivity contribution in [3.05, 3.63) is 83.1 Å². The van der Waals surface area contributed by atoms with Crippen LogP contribution in [0.4, 0.5) is 0 Å². The van der Waals surface area contributed by atoms with Gasteiger partial charge in [0.05, 0.1) is 18.2 Å². The van der Waals surface area contributed by atoms with Crippen LogP contribution in [0.25, 0.3) is 6.08 Å². The zero-order chi connectivity index (χ0) is 22.2. The van der Waals surface area contributed by atoms with Gasteiger partial charge in [-0.1, -0.05) is 48.5 Å². The van der Waals surface area contributed by atoms with E-state index >= 15 is 0 Å². The number of aliphatic hydroxyl groups excluding tert-OH is 1. The molecule has 31 heavy (non-hydrogen) atoms. The van der Waals surface area contributed by atoms with Gasteiger partial charge in [-0.3, -0.25) is 9.59 Å². The molecule has 1 N–H and O–H groups in total. The third kappa shape index (κ3) is 5.22. The molecule has 2 aromatic rings. The van der Waals surface area contributed by atoms with Crippen LogP contribution in [0.3, 0.4) is 0 Å². The number of hydrogen-bond donors (Lipinski definition) is 1. The van der Waals surface area contributed by atoms with Gasteiger partial charge in [-0.15, -0.1) is 0 Å². The monoisotopic (exact) mass is 421 g/mol. The zero-order valence-electron chi connectivity index (χ0n) is 17.8. The summed E-state index contributed by atoms with van der Waals surface area (Å²) in [6.07, 6.45) is 3.66. The first-order chi connectivity index (χ1) is 15.1. The second kappa shape index (κ2) is 10.6. The van der Waals surface area contributed by atoms with E-state index in [0.29, 0.717) is 31.9 Å². The number of nitrogens with zero attached hydrogens (tertiary/aromatic N) is 1. The summed E-state index contributed by atoms with van der Waals surface area (Å²) in [5.74, 6) is -0.750. The van der Waals surface area contributed by atoms with E-state index in [2.05, 4.69) is 0 Å². The van der Waals surface area contributed by atoms with Crippen molar-refractivity contribution in [1.29, 1.82) is 0 Å². The minimum atomic E-state index is -0.673. The van der Waals surface area contributed by atoms with Gasteiger partial charge in [0.15, 0.2) is 11.5 Å². The lowest BCUT2D eigenvalue weighted by atomic mass is 9.95. The van der Waals surface area contributed by atoms with Crippen molar-refractivity contribution in [2.45, 2.75) is 19.4 Å². The lowest BCUT2D eigenvalue weighted by Gasteiger charge is -2.26. The van der Waals surface area contributed by atoms with E-state index in [0.717, 1.165) is 11.1 Å². The van der Waals surface area contributed by atoms with E-state index in [-0.39, 0.29) is 5.57 Å². The van der Waals surface area contributed by atoms with Crippen LogP contribution in [-0.2, 0) is 14.3 Å². The molecule has 0 fully saturated rings. The van der Waals surface area contributed by atoms with Gasteiger partial charge >= 0.3 is 0 Å². The van der Waals surface area contributed by atoms with Gasteiger partial charge in [0.25, 0.3) is 5.91 Å². The molecule has 1 atom stereocenters. The molecule has 3 rings (SSSR count). The van der Waals surface area contributed by atoms with Crippen LogP contribution in [0.1, 0.15) is 30.5 Å². The highest BCUT2D eigenvalue weighted by Gasteiger charge is 2.42. The lowest BCUT2D eigenvalue weighted by Crippen LogP contribution is -2.32. The third-order valence-corrected chi connectivity index (χ3v) is 5.05. The molecule has 6 heteroatoms. The summed E-state index contributed by atoms with van der Waals surface area (Å²) < 4.78 is 10.6. The number of carbonyl (C=O) groups excluding carboxylic acids is 2. The number of benzene rings is 2. The number of carbonyl (C=O) groups is 2. The number of amides is 1. The fraction of sp³-hybridized carbons (Fsp3) is 0.280. The Morgan fingerprint density at radius 2 is 1.84 bits per heavy atom. The van der Waals surface area contributed by atoms with Gasteiger partial charge in [-0.2, -0.15) is 0 Å². The minimum absolute atomic E-state index is 0.0822. The molecule has 0 aliphatic carbocycles. The molecule has 2 aromatic carbocycles. The van der Waals surface area contributed by atoms with Gasteiger partial charge in [0.1, 0.15) is 5.75 Å². The van der Waals surface area contributed by atoms with E-state index in [4.69, 9.17) is 9.47 Å². The van der Waals surface area contributed by atoms with E-state index in [1.54, 1.807) is 25.3 Å². The number of methoxy groups -OCH3 is 1. The summed E-state index contributed by atoms with van der Waals surface area (Å²) in [5, 5.41) is 10.6. The van der Waals surface area contributed by atoms with E-state index in [9.17, 15) is 14.7 Å². The molecule has 6 nitrogen and oxygen atoms in total. The van der Waals surface area contributed by atoms with Crippen LogP contribution in [-0.4, -0.2) is 48.6 Å². The molecule has 1 heterocycles. The van der Waals surface area contributed by atoms with Crippen molar-refractivity contribution in [3.8, 4) is 5.75 Å². The summed E-state index contributed by atoms with van der Waals surface area (Å²) in [7, 11) is 1.59. The average Bonchev–Trinajstić information content (AvgIpc) is 3.04. The quantitative estimate of drug-likeness (QED) is 0.462.